The number of hydrogen-bond acceptors (Lipinski definition) is 6. The second-order valence-electron chi connectivity index (χ2n) is 13.2. The number of ether oxygens (including phenoxy) is 2. The van der Waals surface area contributed by atoms with Crippen LogP contribution in [0, 0.1) is 0 Å². The van der Waals surface area contributed by atoms with Gasteiger partial charge in [0.2, 0.25) is 0 Å². The highest BCUT2D eigenvalue weighted by Crippen LogP contribution is 2.44. The van der Waals surface area contributed by atoms with E-state index >= 15 is 0 Å². The Labute approximate surface area is 269 Å². The van der Waals surface area contributed by atoms with E-state index in [4.69, 9.17) is 18.7 Å². The van der Waals surface area contributed by atoms with Gasteiger partial charge in [-0.3, -0.25) is 4.79 Å². The lowest BCUT2D eigenvalue weighted by Gasteiger charge is -2.49. The average Bonchev–Trinajstić information content (AvgIpc) is 3.40. The zero-order valence-corrected chi connectivity index (χ0v) is 28.2. The summed E-state index contributed by atoms with van der Waals surface area (Å²) in [6.45, 7) is 12.8. The fourth-order valence-electron chi connectivity index (χ4n) is 6.53. The van der Waals surface area contributed by atoms with E-state index in [1.165, 1.54) is 6.92 Å². The van der Waals surface area contributed by atoms with Gasteiger partial charge in [-0.25, -0.2) is 0 Å². The van der Waals surface area contributed by atoms with Crippen LogP contribution in [0.3, 0.4) is 0 Å². The lowest BCUT2D eigenvalue weighted by molar-refractivity contribution is -0.261. The van der Waals surface area contributed by atoms with Crippen molar-refractivity contribution in [2.45, 2.75) is 70.6 Å². The maximum atomic E-state index is 12.9. The molecule has 236 valence electrons. The summed E-state index contributed by atoms with van der Waals surface area (Å²) in [5, 5.41) is 3.83. The van der Waals surface area contributed by atoms with Crippen molar-refractivity contribution in [1.82, 2.24) is 5.06 Å². The SMILES string of the molecule is CC(=O)ON(Cc1ccccc1)[C@@](CO[Si](c1ccccc1)(c1ccccc1)C(C)(C)C)(c1ccccc1)[C@@H]1COC(C)(C)O1. The van der Waals surface area contributed by atoms with Crippen LogP contribution in [0.5, 0.6) is 0 Å². The quantitative estimate of drug-likeness (QED) is 0.139. The molecule has 0 spiro atoms. The molecule has 0 aliphatic carbocycles. The molecule has 1 fully saturated rings. The molecule has 4 aromatic rings. The van der Waals surface area contributed by atoms with Gasteiger partial charge in [0, 0.05) is 6.92 Å². The molecule has 0 unspecified atom stereocenters. The molecule has 5 rings (SSSR count). The van der Waals surface area contributed by atoms with Crippen LogP contribution < -0.4 is 10.4 Å². The number of benzene rings is 4. The molecule has 0 radical (unpaired) electrons. The first kappa shape index (κ1) is 32.8. The van der Waals surface area contributed by atoms with Crippen LogP contribution in [0.4, 0.5) is 0 Å². The Balaban J connectivity index is 1.75. The van der Waals surface area contributed by atoms with Gasteiger partial charge in [-0.15, -0.1) is 5.06 Å². The van der Waals surface area contributed by atoms with Crippen molar-refractivity contribution in [2.75, 3.05) is 13.2 Å². The topological polar surface area (TPSA) is 57.2 Å². The molecule has 1 heterocycles. The van der Waals surface area contributed by atoms with Crippen molar-refractivity contribution in [3.05, 3.63) is 132 Å². The van der Waals surface area contributed by atoms with Crippen LogP contribution in [-0.4, -0.2) is 44.5 Å². The van der Waals surface area contributed by atoms with Crippen molar-refractivity contribution in [3.8, 4) is 0 Å². The lowest BCUT2D eigenvalue weighted by Crippen LogP contribution is -2.69. The van der Waals surface area contributed by atoms with Crippen LogP contribution in [0.25, 0.3) is 0 Å². The smallest absolute Gasteiger partial charge is 0.322 e. The largest absolute Gasteiger partial charge is 0.405 e. The molecule has 1 aliphatic heterocycles. The van der Waals surface area contributed by atoms with Crippen LogP contribution in [0.2, 0.25) is 5.04 Å². The predicted molar refractivity (Wildman–Crippen MR) is 180 cm³/mol. The van der Waals surface area contributed by atoms with Crippen LogP contribution in [0.1, 0.15) is 52.7 Å². The highest BCUT2D eigenvalue weighted by molar-refractivity contribution is 6.99. The average molecular weight is 624 g/mol. The second-order valence-corrected chi connectivity index (χ2v) is 17.5. The van der Waals surface area contributed by atoms with Crippen molar-refractivity contribution < 1.29 is 23.5 Å². The Bertz CT molecular complexity index is 1490. The van der Waals surface area contributed by atoms with E-state index in [9.17, 15) is 4.79 Å². The molecule has 1 aliphatic rings. The summed E-state index contributed by atoms with van der Waals surface area (Å²) in [7, 11) is -3.02. The molecule has 4 aromatic carbocycles. The molecule has 7 heteroatoms. The van der Waals surface area contributed by atoms with Crippen LogP contribution >= 0.6 is 0 Å². The number of carbonyl (C=O) groups is 1. The minimum Gasteiger partial charge on any atom is -0.405 e. The number of hydroxylamine groups is 2. The van der Waals surface area contributed by atoms with Crippen LogP contribution in [0.15, 0.2) is 121 Å². The standard InChI is InChI=1S/C38H45NO5Si/c1-30(40)44-39(27-31-19-11-7-12-20-31)38(32-21-13-8-14-22-32,35-28-41-37(5,6)43-35)29-42-45(36(2,3)4,33-23-15-9-16-24-33)34-25-17-10-18-26-34/h7-26,35H,27-29H2,1-6H3/t35-,38-/m0/s1. The van der Waals surface area contributed by atoms with Gasteiger partial charge < -0.3 is 18.7 Å². The van der Waals surface area contributed by atoms with Gasteiger partial charge in [0.25, 0.3) is 8.32 Å². The van der Waals surface area contributed by atoms with E-state index in [0.717, 1.165) is 21.5 Å². The summed E-state index contributed by atoms with van der Waals surface area (Å²) < 4.78 is 20.6. The minimum absolute atomic E-state index is 0.175. The first-order chi connectivity index (χ1) is 21.5. The molecule has 0 amide bonds. The number of hydrogen-bond donors (Lipinski definition) is 0. The highest BCUT2D eigenvalue weighted by atomic mass is 28.4. The Morgan fingerprint density at radius 1 is 0.822 bits per heavy atom. The number of nitrogens with zero attached hydrogens (tertiary/aromatic N) is 1. The van der Waals surface area contributed by atoms with Gasteiger partial charge in [0.1, 0.15) is 11.6 Å². The fourth-order valence-corrected chi connectivity index (χ4v) is 11.1. The Morgan fingerprint density at radius 2 is 1.31 bits per heavy atom. The van der Waals surface area contributed by atoms with Crippen molar-refractivity contribution in [3.63, 3.8) is 0 Å². The number of rotatable bonds is 11. The maximum absolute atomic E-state index is 12.9. The van der Waals surface area contributed by atoms with Gasteiger partial charge >= 0.3 is 5.97 Å². The molecule has 0 aromatic heterocycles. The van der Waals surface area contributed by atoms with Gasteiger partial charge in [-0.05, 0) is 40.4 Å². The molecule has 1 saturated heterocycles. The summed E-state index contributed by atoms with van der Waals surface area (Å²) in [6.07, 6.45) is -0.531. The Kier molecular flexibility index (Phi) is 9.77. The number of carbonyl (C=O) groups excluding carboxylic acids is 1. The first-order valence-corrected chi connectivity index (χ1v) is 17.5. The Morgan fingerprint density at radius 3 is 1.76 bits per heavy atom. The van der Waals surface area contributed by atoms with E-state index in [1.807, 2.05) is 74.5 Å². The zero-order chi connectivity index (χ0) is 32.1. The van der Waals surface area contributed by atoms with Crippen molar-refractivity contribution in [2.24, 2.45) is 0 Å². The van der Waals surface area contributed by atoms with E-state index in [0.29, 0.717) is 13.2 Å². The molecular weight excluding hydrogens is 579 g/mol. The lowest BCUT2D eigenvalue weighted by atomic mass is 9.84. The molecule has 0 bridgehead atoms. The zero-order valence-electron chi connectivity index (χ0n) is 27.2. The summed E-state index contributed by atoms with van der Waals surface area (Å²) in [6, 6.07) is 41.3. The van der Waals surface area contributed by atoms with Gasteiger partial charge in [0.15, 0.2) is 5.79 Å². The van der Waals surface area contributed by atoms with Crippen molar-refractivity contribution in [1.29, 1.82) is 0 Å². The summed E-state index contributed by atoms with van der Waals surface area (Å²) in [5.74, 6) is -1.26. The monoisotopic (exact) mass is 623 g/mol. The molecular formula is C38H45NO5Si. The van der Waals surface area contributed by atoms with E-state index in [1.54, 1.807) is 5.06 Å². The third kappa shape index (κ3) is 6.83. The predicted octanol–water partition coefficient (Wildman–Crippen LogP) is 6.59. The second kappa shape index (κ2) is 13.4. The minimum atomic E-state index is -3.02. The van der Waals surface area contributed by atoms with Crippen molar-refractivity contribution >= 4 is 24.7 Å². The molecule has 0 saturated carbocycles. The van der Waals surface area contributed by atoms with E-state index < -0.39 is 31.7 Å². The molecule has 0 N–H and O–H groups in total. The Hall–Kier alpha value is -3.59. The molecule has 45 heavy (non-hydrogen) atoms. The first-order valence-electron chi connectivity index (χ1n) is 15.6. The normalized spacial score (nSPS) is 18.0. The van der Waals surface area contributed by atoms with E-state index in [-0.39, 0.29) is 11.6 Å². The molecule has 2 atom stereocenters. The summed E-state index contributed by atoms with van der Waals surface area (Å²) in [5.41, 5.74) is 0.818. The highest BCUT2D eigenvalue weighted by Gasteiger charge is 2.57. The summed E-state index contributed by atoms with van der Waals surface area (Å²) >= 11 is 0. The molecule has 6 nitrogen and oxygen atoms in total. The van der Waals surface area contributed by atoms with Gasteiger partial charge in [0.05, 0.1) is 19.8 Å². The third-order valence-corrected chi connectivity index (χ3v) is 13.6. The van der Waals surface area contributed by atoms with Gasteiger partial charge in [-0.2, -0.15) is 0 Å². The fraction of sp³-hybridized carbons (Fsp3) is 0.342. The maximum Gasteiger partial charge on any atom is 0.322 e. The third-order valence-electron chi connectivity index (χ3n) is 8.59. The van der Waals surface area contributed by atoms with E-state index in [2.05, 4.69) is 81.4 Å². The van der Waals surface area contributed by atoms with Crippen LogP contribution in [-0.2, 0) is 35.6 Å². The van der Waals surface area contributed by atoms with Gasteiger partial charge in [-0.1, -0.05) is 142 Å². The summed E-state index contributed by atoms with van der Waals surface area (Å²) in [4.78, 5) is 19.1.